The molecule has 0 atom stereocenters. The summed E-state index contributed by atoms with van der Waals surface area (Å²) >= 11 is 0. The minimum Gasteiger partial charge on any atom is -0.493 e. The number of rotatable bonds is 7. The quantitative estimate of drug-likeness (QED) is 0.751. The van der Waals surface area contributed by atoms with Gasteiger partial charge < -0.3 is 19.3 Å². The zero-order chi connectivity index (χ0) is 14.3. The Morgan fingerprint density at radius 3 is 2.58 bits per heavy atom. The van der Waals surface area contributed by atoms with Crippen LogP contribution in [0.1, 0.15) is 15.9 Å². The van der Waals surface area contributed by atoms with E-state index in [0.717, 1.165) is 0 Å². The Kier molecular flexibility index (Phi) is 5.64. The van der Waals surface area contributed by atoms with Crippen LogP contribution in [0.4, 0.5) is 0 Å². The Bertz CT molecular complexity index is 493. The number of aromatic carboxylic acids is 1. The van der Waals surface area contributed by atoms with E-state index in [9.17, 15) is 4.79 Å². The largest absolute Gasteiger partial charge is 0.493 e. The molecule has 0 aliphatic rings. The number of carboxylic acids is 1. The maximum absolute atomic E-state index is 11.1. The van der Waals surface area contributed by atoms with E-state index in [1.165, 1.54) is 19.2 Å². The third kappa shape index (κ3) is 3.86. The molecule has 0 unspecified atom stereocenters. The first-order valence-electron chi connectivity index (χ1n) is 5.57. The van der Waals surface area contributed by atoms with E-state index in [4.69, 9.17) is 24.6 Å². The molecule has 6 nitrogen and oxygen atoms in total. The fourth-order valence-electron chi connectivity index (χ4n) is 1.54. The SMILES string of the molecule is COCCOc1cc(C(=O)O)c(CC#N)cc1OC. The average Bonchev–Trinajstić information content (AvgIpc) is 2.39. The molecule has 0 heterocycles. The maximum atomic E-state index is 11.1. The number of hydrogen-bond acceptors (Lipinski definition) is 5. The molecule has 0 saturated heterocycles. The number of hydrogen-bond donors (Lipinski definition) is 1. The Morgan fingerprint density at radius 2 is 2.05 bits per heavy atom. The van der Waals surface area contributed by atoms with Gasteiger partial charge in [-0.3, -0.25) is 0 Å². The van der Waals surface area contributed by atoms with Crippen LogP contribution < -0.4 is 9.47 Å². The summed E-state index contributed by atoms with van der Waals surface area (Å²) in [7, 11) is 2.99. The molecule has 0 aliphatic heterocycles. The van der Waals surface area contributed by atoms with E-state index in [0.29, 0.717) is 23.7 Å². The summed E-state index contributed by atoms with van der Waals surface area (Å²) in [6.07, 6.45) is -0.00363. The lowest BCUT2D eigenvalue weighted by atomic mass is 10.0. The standard InChI is InChI=1S/C13H15NO5/c1-17-5-6-19-12-8-10(13(15)16)9(3-4-14)7-11(12)18-2/h7-8H,3,5-6H2,1-2H3,(H,15,16). The third-order valence-electron chi connectivity index (χ3n) is 2.43. The molecule has 1 aromatic carbocycles. The minimum absolute atomic E-state index is 0.00363. The van der Waals surface area contributed by atoms with Crippen LogP contribution in [0.2, 0.25) is 0 Å². The maximum Gasteiger partial charge on any atom is 0.336 e. The lowest BCUT2D eigenvalue weighted by Crippen LogP contribution is -2.08. The summed E-state index contributed by atoms with van der Waals surface area (Å²) in [4.78, 5) is 11.1. The predicted octanol–water partition coefficient (Wildman–Crippen LogP) is 1.48. The van der Waals surface area contributed by atoms with Gasteiger partial charge in [-0.05, 0) is 17.7 Å². The van der Waals surface area contributed by atoms with Crippen molar-refractivity contribution in [2.75, 3.05) is 27.4 Å². The lowest BCUT2D eigenvalue weighted by molar-refractivity contribution is 0.0695. The van der Waals surface area contributed by atoms with Crippen LogP contribution in [0.15, 0.2) is 12.1 Å². The first-order valence-corrected chi connectivity index (χ1v) is 5.57. The van der Waals surface area contributed by atoms with Crippen LogP contribution in [0.25, 0.3) is 0 Å². The molecule has 0 spiro atoms. The molecule has 6 heteroatoms. The summed E-state index contributed by atoms with van der Waals surface area (Å²) in [5.74, 6) is -0.394. The van der Waals surface area contributed by atoms with E-state index in [1.807, 2.05) is 6.07 Å². The fourth-order valence-corrected chi connectivity index (χ4v) is 1.54. The molecular formula is C13H15NO5. The lowest BCUT2D eigenvalue weighted by Gasteiger charge is -2.13. The van der Waals surface area contributed by atoms with Crippen molar-refractivity contribution in [2.24, 2.45) is 0 Å². The van der Waals surface area contributed by atoms with Gasteiger partial charge in [0.05, 0.1) is 31.8 Å². The van der Waals surface area contributed by atoms with Crippen molar-refractivity contribution in [1.82, 2.24) is 0 Å². The fraction of sp³-hybridized carbons (Fsp3) is 0.385. The van der Waals surface area contributed by atoms with Crippen molar-refractivity contribution in [2.45, 2.75) is 6.42 Å². The minimum atomic E-state index is -1.11. The van der Waals surface area contributed by atoms with Gasteiger partial charge in [0.1, 0.15) is 6.61 Å². The Hall–Kier alpha value is -2.26. The van der Waals surface area contributed by atoms with Gasteiger partial charge in [0.2, 0.25) is 0 Å². The van der Waals surface area contributed by atoms with Crippen LogP contribution >= 0.6 is 0 Å². The van der Waals surface area contributed by atoms with Crippen molar-refractivity contribution in [3.8, 4) is 17.6 Å². The van der Waals surface area contributed by atoms with E-state index in [2.05, 4.69) is 0 Å². The van der Waals surface area contributed by atoms with E-state index >= 15 is 0 Å². The highest BCUT2D eigenvalue weighted by molar-refractivity contribution is 5.90. The second-order valence-corrected chi connectivity index (χ2v) is 3.64. The molecule has 0 radical (unpaired) electrons. The van der Waals surface area contributed by atoms with Gasteiger partial charge in [-0.15, -0.1) is 0 Å². The van der Waals surface area contributed by atoms with Crippen LogP contribution in [0.3, 0.4) is 0 Å². The van der Waals surface area contributed by atoms with Crippen molar-refractivity contribution in [1.29, 1.82) is 5.26 Å². The van der Waals surface area contributed by atoms with Crippen molar-refractivity contribution >= 4 is 5.97 Å². The van der Waals surface area contributed by atoms with Crippen molar-refractivity contribution in [3.63, 3.8) is 0 Å². The molecule has 0 amide bonds. The van der Waals surface area contributed by atoms with Crippen molar-refractivity contribution in [3.05, 3.63) is 23.3 Å². The third-order valence-corrected chi connectivity index (χ3v) is 2.43. The number of benzene rings is 1. The number of nitrogens with zero attached hydrogens (tertiary/aromatic N) is 1. The molecule has 102 valence electrons. The Labute approximate surface area is 111 Å². The summed E-state index contributed by atoms with van der Waals surface area (Å²) in [5, 5.41) is 17.8. The van der Waals surface area contributed by atoms with Gasteiger partial charge in [0.25, 0.3) is 0 Å². The summed E-state index contributed by atoms with van der Waals surface area (Å²) in [6, 6.07) is 4.80. The second kappa shape index (κ2) is 7.24. The molecule has 0 aliphatic carbocycles. The number of methoxy groups -OCH3 is 2. The van der Waals surface area contributed by atoms with E-state index in [1.54, 1.807) is 7.11 Å². The van der Waals surface area contributed by atoms with Gasteiger partial charge in [-0.2, -0.15) is 5.26 Å². The molecular weight excluding hydrogens is 250 g/mol. The highest BCUT2D eigenvalue weighted by Crippen LogP contribution is 2.31. The first kappa shape index (κ1) is 14.8. The van der Waals surface area contributed by atoms with Crippen LogP contribution in [0, 0.1) is 11.3 Å². The number of nitriles is 1. The Morgan fingerprint density at radius 1 is 1.32 bits per heavy atom. The average molecular weight is 265 g/mol. The summed E-state index contributed by atoms with van der Waals surface area (Å²) in [5.41, 5.74) is 0.431. The highest BCUT2D eigenvalue weighted by Gasteiger charge is 2.16. The summed E-state index contributed by atoms with van der Waals surface area (Å²) < 4.78 is 15.4. The molecule has 0 aromatic heterocycles. The molecule has 0 bridgehead atoms. The molecule has 0 saturated carbocycles. The van der Waals surface area contributed by atoms with Crippen LogP contribution in [-0.2, 0) is 11.2 Å². The van der Waals surface area contributed by atoms with Crippen molar-refractivity contribution < 1.29 is 24.1 Å². The smallest absolute Gasteiger partial charge is 0.336 e. The topological polar surface area (TPSA) is 88.8 Å². The predicted molar refractivity (Wildman–Crippen MR) is 66.6 cm³/mol. The van der Waals surface area contributed by atoms with Gasteiger partial charge >= 0.3 is 5.97 Å². The second-order valence-electron chi connectivity index (χ2n) is 3.64. The molecule has 1 aromatic rings. The van der Waals surface area contributed by atoms with E-state index < -0.39 is 5.97 Å². The molecule has 19 heavy (non-hydrogen) atoms. The van der Waals surface area contributed by atoms with Gasteiger partial charge in [-0.1, -0.05) is 0 Å². The number of ether oxygens (including phenoxy) is 3. The molecule has 0 fully saturated rings. The van der Waals surface area contributed by atoms with Gasteiger partial charge in [0, 0.05) is 7.11 Å². The number of carboxylic acid groups (broad SMARTS) is 1. The highest BCUT2D eigenvalue weighted by atomic mass is 16.5. The Balaban J connectivity index is 3.12. The number of carbonyl (C=O) groups is 1. The molecule has 1 N–H and O–H groups in total. The zero-order valence-corrected chi connectivity index (χ0v) is 10.8. The summed E-state index contributed by atoms with van der Waals surface area (Å²) in [6.45, 7) is 0.662. The van der Waals surface area contributed by atoms with Crippen LogP contribution in [0.5, 0.6) is 11.5 Å². The van der Waals surface area contributed by atoms with Gasteiger partial charge in [0.15, 0.2) is 11.5 Å². The van der Waals surface area contributed by atoms with Crippen LogP contribution in [-0.4, -0.2) is 38.5 Å². The molecule has 1 rings (SSSR count). The normalized spacial score (nSPS) is 9.74. The van der Waals surface area contributed by atoms with E-state index in [-0.39, 0.29) is 18.6 Å². The monoisotopic (exact) mass is 265 g/mol. The first-order chi connectivity index (χ1) is 9.13. The van der Waals surface area contributed by atoms with Gasteiger partial charge in [-0.25, -0.2) is 4.79 Å². The zero-order valence-electron chi connectivity index (χ0n) is 10.8.